The van der Waals surface area contributed by atoms with Gasteiger partial charge in [0, 0.05) is 7.05 Å². The van der Waals surface area contributed by atoms with Gasteiger partial charge in [0.2, 0.25) is 0 Å². The predicted molar refractivity (Wildman–Crippen MR) is 50.9 cm³/mol. The van der Waals surface area contributed by atoms with Crippen LogP contribution in [0, 0.1) is 0 Å². The third kappa shape index (κ3) is 1.68. The first kappa shape index (κ1) is 9.29. The summed E-state index contributed by atoms with van der Waals surface area (Å²) in [6.45, 7) is 4.47. The minimum absolute atomic E-state index is 0.496. The van der Waals surface area contributed by atoms with Crippen molar-refractivity contribution < 1.29 is 0 Å². The van der Waals surface area contributed by atoms with Crippen molar-refractivity contribution in [2.45, 2.75) is 6.42 Å². The minimum Gasteiger partial charge on any atom is -0.333 e. The van der Waals surface area contributed by atoms with Crippen LogP contribution in [0.3, 0.4) is 0 Å². The molecule has 1 rings (SSSR count). The van der Waals surface area contributed by atoms with E-state index in [1.807, 2.05) is 11.6 Å². The summed E-state index contributed by atoms with van der Waals surface area (Å²) in [5, 5.41) is 0.496. The van der Waals surface area contributed by atoms with E-state index in [4.69, 9.17) is 17.3 Å². The van der Waals surface area contributed by atoms with Crippen LogP contribution in [0.25, 0.3) is 5.57 Å². The maximum Gasteiger partial charge on any atom is 0.154 e. The molecule has 4 heteroatoms. The lowest BCUT2D eigenvalue weighted by molar-refractivity contribution is 0.884. The van der Waals surface area contributed by atoms with E-state index in [2.05, 4.69) is 11.6 Å². The monoisotopic (exact) mass is 185 g/mol. The highest BCUT2D eigenvalue weighted by Gasteiger charge is 2.08. The van der Waals surface area contributed by atoms with Gasteiger partial charge >= 0.3 is 0 Å². The first-order valence-corrected chi connectivity index (χ1v) is 4.09. The zero-order chi connectivity index (χ0) is 9.14. The summed E-state index contributed by atoms with van der Waals surface area (Å²) in [5.74, 6) is 0. The fourth-order valence-electron chi connectivity index (χ4n) is 1.09. The Morgan fingerprint density at radius 3 is 2.92 bits per heavy atom. The highest BCUT2D eigenvalue weighted by molar-refractivity contribution is 6.31. The first-order valence-electron chi connectivity index (χ1n) is 3.72. The molecule has 0 amide bonds. The van der Waals surface area contributed by atoms with E-state index in [0.29, 0.717) is 11.7 Å². The van der Waals surface area contributed by atoms with Crippen LogP contribution in [0.2, 0.25) is 5.15 Å². The Morgan fingerprint density at radius 1 is 1.83 bits per heavy atom. The Bertz CT molecular complexity index is 271. The average Bonchev–Trinajstić information content (AvgIpc) is 2.32. The average molecular weight is 186 g/mol. The smallest absolute Gasteiger partial charge is 0.154 e. The molecule has 0 aliphatic heterocycles. The van der Waals surface area contributed by atoms with Gasteiger partial charge in [-0.05, 0) is 18.5 Å². The summed E-state index contributed by atoms with van der Waals surface area (Å²) >= 11 is 5.84. The topological polar surface area (TPSA) is 43.8 Å². The summed E-state index contributed by atoms with van der Waals surface area (Å²) in [7, 11) is 1.88. The maximum absolute atomic E-state index is 5.84. The van der Waals surface area contributed by atoms with Gasteiger partial charge in [-0.15, -0.1) is 0 Å². The van der Waals surface area contributed by atoms with Crippen molar-refractivity contribution in [2.75, 3.05) is 6.54 Å². The molecule has 12 heavy (non-hydrogen) atoms. The van der Waals surface area contributed by atoms with Gasteiger partial charge in [-0.1, -0.05) is 18.2 Å². The lowest BCUT2D eigenvalue weighted by Crippen LogP contribution is -2.02. The molecule has 0 unspecified atom stereocenters. The maximum atomic E-state index is 5.84. The Kier molecular flexibility index (Phi) is 2.89. The fraction of sp³-hybridized carbons (Fsp3) is 0.375. The first-order chi connectivity index (χ1) is 5.66. The van der Waals surface area contributed by atoms with Crippen LogP contribution in [0.15, 0.2) is 12.9 Å². The third-order valence-electron chi connectivity index (χ3n) is 1.67. The standard InChI is InChI=1S/C8H12ClN3/c1-6(3-4-10)7-8(9)11-5-12(7)2/h5H,1,3-4,10H2,2H3. The Morgan fingerprint density at radius 2 is 2.50 bits per heavy atom. The molecule has 0 saturated carbocycles. The van der Waals surface area contributed by atoms with E-state index >= 15 is 0 Å². The van der Waals surface area contributed by atoms with Crippen molar-refractivity contribution in [1.82, 2.24) is 9.55 Å². The molecule has 0 atom stereocenters. The molecule has 1 aromatic rings. The number of rotatable bonds is 3. The zero-order valence-corrected chi connectivity index (χ0v) is 7.80. The number of imidazole rings is 1. The largest absolute Gasteiger partial charge is 0.333 e. The Balaban J connectivity index is 2.93. The van der Waals surface area contributed by atoms with E-state index in [-0.39, 0.29) is 0 Å². The molecule has 0 aliphatic rings. The molecule has 0 bridgehead atoms. The second-order valence-corrected chi connectivity index (χ2v) is 3.00. The van der Waals surface area contributed by atoms with Gasteiger partial charge in [0.15, 0.2) is 5.15 Å². The third-order valence-corrected chi connectivity index (χ3v) is 1.95. The molecule has 0 aliphatic carbocycles. The van der Waals surface area contributed by atoms with Crippen molar-refractivity contribution in [1.29, 1.82) is 0 Å². The highest BCUT2D eigenvalue weighted by Crippen LogP contribution is 2.22. The molecule has 0 spiro atoms. The summed E-state index contributed by atoms with van der Waals surface area (Å²) in [5.41, 5.74) is 7.21. The van der Waals surface area contributed by atoms with Crippen LogP contribution in [0.1, 0.15) is 12.1 Å². The van der Waals surface area contributed by atoms with Crippen LogP contribution in [-0.2, 0) is 7.05 Å². The van der Waals surface area contributed by atoms with Gasteiger partial charge in [-0.25, -0.2) is 4.98 Å². The molecule has 1 aromatic heterocycles. The molecule has 66 valence electrons. The molecule has 0 saturated heterocycles. The fourth-order valence-corrected chi connectivity index (χ4v) is 1.40. The van der Waals surface area contributed by atoms with Crippen molar-refractivity contribution in [3.63, 3.8) is 0 Å². The van der Waals surface area contributed by atoms with Gasteiger partial charge in [0.25, 0.3) is 0 Å². The van der Waals surface area contributed by atoms with Crippen LogP contribution in [-0.4, -0.2) is 16.1 Å². The van der Waals surface area contributed by atoms with Gasteiger partial charge in [-0.2, -0.15) is 0 Å². The quantitative estimate of drug-likeness (QED) is 0.775. The lowest BCUT2D eigenvalue weighted by Gasteiger charge is -2.04. The minimum atomic E-state index is 0.496. The van der Waals surface area contributed by atoms with Crippen LogP contribution < -0.4 is 5.73 Å². The number of halogens is 1. The Hall–Kier alpha value is -0.800. The lowest BCUT2D eigenvalue weighted by atomic mass is 10.1. The molecule has 0 fully saturated rings. The Labute approximate surface area is 76.8 Å². The van der Waals surface area contributed by atoms with E-state index in [9.17, 15) is 0 Å². The molecule has 0 radical (unpaired) electrons. The molecule has 2 N–H and O–H groups in total. The number of aryl methyl sites for hydroxylation is 1. The number of aromatic nitrogens is 2. The van der Waals surface area contributed by atoms with E-state index in [1.54, 1.807) is 6.33 Å². The highest BCUT2D eigenvalue weighted by atomic mass is 35.5. The molecular formula is C8H12ClN3. The second kappa shape index (κ2) is 3.74. The van der Waals surface area contributed by atoms with Crippen LogP contribution in [0.4, 0.5) is 0 Å². The molecule has 1 heterocycles. The molecule has 0 aromatic carbocycles. The van der Waals surface area contributed by atoms with Crippen LogP contribution >= 0.6 is 11.6 Å². The van der Waals surface area contributed by atoms with Gasteiger partial charge < -0.3 is 10.3 Å². The van der Waals surface area contributed by atoms with Gasteiger partial charge in [-0.3, -0.25) is 0 Å². The molecular weight excluding hydrogens is 174 g/mol. The summed E-state index contributed by atoms with van der Waals surface area (Å²) in [4.78, 5) is 3.95. The van der Waals surface area contributed by atoms with E-state index < -0.39 is 0 Å². The SMILES string of the molecule is C=C(CCN)c1c(Cl)ncn1C. The molecule has 3 nitrogen and oxygen atoms in total. The summed E-state index contributed by atoms with van der Waals surface area (Å²) < 4.78 is 1.85. The van der Waals surface area contributed by atoms with E-state index in [0.717, 1.165) is 17.7 Å². The van der Waals surface area contributed by atoms with Gasteiger partial charge in [0.05, 0.1) is 12.0 Å². The number of hydrogen-bond donors (Lipinski definition) is 1. The predicted octanol–water partition coefficient (Wildman–Crippen LogP) is 1.44. The van der Waals surface area contributed by atoms with Gasteiger partial charge in [0.1, 0.15) is 0 Å². The van der Waals surface area contributed by atoms with Crippen molar-refractivity contribution in [2.24, 2.45) is 12.8 Å². The number of nitrogens with zero attached hydrogens (tertiary/aromatic N) is 2. The summed E-state index contributed by atoms with van der Waals surface area (Å²) in [6, 6.07) is 0. The number of nitrogens with two attached hydrogens (primary N) is 1. The normalized spacial score (nSPS) is 10.2. The van der Waals surface area contributed by atoms with E-state index in [1.165, 1.54) is 0 Å². The second-order valence-electron chi connectivity index (χ2n) is 2.64. The number of hydrogen-bond acceptors (Lipinski definition) is 2. The van der Waals surface area contributed by atoms with Crippen molar-refractivity contribution in [3.8, 4) is 0 Å². The van der Waals surface area contributed by atoms with Crippen molar-refractivity contribution >= 4 is 17.2 Å². The summed E-state index contributed by atoms with van der Waals surface area (Å²) in [6.07, 6.45) is 2.42. The van der Waals surface area contributed by atoms with Crippen molar-refractivity contribution in [3.05, 3.63) is 23.8 Å². The van der Waals surface area contributed by atoms with Crippen LogP contribution in [0.5, 0.6) is 0 Å². The zero-order valence-electron chi connectivity index (χ0n) is 7.05.